The van der Waals surface area contributed by atoms with Gasteiger partial charge < -0.3 is 10.1 Å². The molecule has 1 aromatic rings. The van der Waals surface area contributed by atoms with E-state index in [0.717, 1.165) is 31.7 Å². The van der Waals surface area contributed by atoms with Gasteiger partial charge in [0.15, 0.2) is 0 Å². The van der Waals surface area contributed by atoms with E-state index in [-0.39, 0.29) is 0 Å². The van der Waals surface area contributed by atoms with Gasteiger partial charge in [-0.3, -0.25) is 0 Å². The number of unbranched alkanes of at least 4 members (excludes halogenated alkanes) is 1. The molecule has 0 radical (unpaired) electrons. The Morgan fingerprint density at radius 2 is 1.84 bits per heavy atom. The van der Waals surface area contributed by atoms with E-state index >= 15 is 0 Å². The number of hydrogen-bond donors (Lipinski definition) is 1. The van der Waals surface area contributed by atoms with Crippen molar-refractivity contribution in [3.63, 3.8) is 0 Å². The largest absolute Gasteiger partial charge is 0.494 e. The highest BCUT2D eigenvalue weighted by atomic mass is 16.5. The first kappa shape index (κ1) is 16.0. The second-order valence-corrected chi connectivity index (χ2v) is 5.24. The van der Waals surface area contributed by atoms with Crippen LogP contribution in [-0.4, -0.2) is 19.2 Å². The van der Waals surface area contributed by atoms with Gasteiger partial charge >= 0.3 is 0 Å². The number of nitrogens with one attached hydrogen (secondary N) is 1. The highest BCUT2D eigenvalue weighted by molar-refractivity contribution is 5.27. The zero-order valence-corrected chi connectivity index (χ0v) is 12.7. The lowest BCUT2D eigenvalue weighted by Crippen LogP contribution is -2.27. The zero-order chi connectivity index (χ0) is 13.9. The normalized spacial score (nSPS) is 12.4. The summed E-state index contributed by atoms with van der Waals surface area (Å²) in [5, 5.41) is 3.52. The second-order valence-electron chi connectivity index (χ2n) is 5.24. The van der Waals surface area contributed by atoms with Gasteiger partial charge in [0, 0.05) is 6.04 Å². The molecule has 0 saturated heterocycles. The Hall–Kier alpha value is -1.02. The average Bonchev–Trinajstić information content (AvgIpc) is 2.44. The van der Waals surface area contributed by atoms with Crippen molar-refractivity contribution >= 4 is 0 Å². The fourth-order valence-electron chi connectivity index (χ4n) is 1.96. The predicted octanol–water partition coefficient (Wildman–Crippen LogP) is 4.19. The van der Waals surface area contributed by atoms with Crippen LogP contribution in [0, 0.1) is 0 Å². The summed E-state index contributed by atoms with van der Waals surface area (Å²) < 4.78 is 5.67. The quantitative estimate of drug-likeness (QED) is 0.639. The Kier molecular flexibility index (Phi) is 8.31. The molecule has 0 amide bonds. The lowest BCUT2D eigenvalue weighted by atomic mass is 10.1. The van der Waals surface area contributed by atoms with Gasteiger partial charge in [0.1, 0.15) is 5.75 Å². The van der Waals surface area contributed by atoms with E-state index in [1.165, 1.54) is 24.8 Å². The maximum atomic E-state index is 5.67. The standard InChI is InChI=1S/C17H29NO/c1-4-6-14-19-17-11-9-16(10-12-17)8-7-15(3)18-13-5-2/h9-12,15,18H,4-8,13-14H2,1-3H3. The van der Waals surface area contributed by atoms with Crippen molar-refractivity contribution in [3.8, 4) is 5.75 Å². The van der Waals surface area contributed by atoms with Gasteiger partial charge in [-0.1, -0.05) is 32.4 Å². The Balaban J connectivity index is 2.27. The van der Waals surface area contributed by atoms with Crippen molar-refractivity contribution in [1.29, 1.82) is 0 Å². The highest BCUT2D eigenvalue weighted by Gasteiger charge is 2.01. The summed E-state index contributed by atoms with van der Waals surface area (Å²) in [7, 11) is 0. The minimum atomic E-state index is 0.598. The van der Waals surface area contributed by atoms with Crippen LogP contribution < -0.4 is 10.1 Å². The number of ether oxygens (including phenoxy) is 1. The molecule has 0 saturated carbocycles. The third-order valence-corrected chi connectivity index (χ3v) is 3.30. The molecule has 2 nitrogen and oxygen atoms in total. The summed E-state index contributed by atoms with van der Waals surface area (Å²) >= 11 is 0. The first-order valence-corrected chi connectivity index (χ1v) is 7.71. The third-order valence-electron chi connectivity index (χ3n) is 3.30. The first-order chi connectivity index (χ1) is 9.26. The molecule has 19 heavy (non-hydrogen) atoms. The van der Waals surface area contributed by atoms with Crippen molar-refractivity contribution in [2.45, 2.75) is 58.9 Å². The van der Waals surface area contributed by atoms with Crippen molar-refractivity contribution < 1.29 is 4.74 Å². The van der Waals surface area contributed by atoms with Crippen LogP contribution in [-0.2, 0) is 6.42 Å². The minimum Gasteiger partial charge on any atom is -0.494 e. The maximum Gasteiger partial charge on any atom is 0.119 e. The van der Waals surface area contributed by atoms with Crippen molar-refractivity contribution in [3.05, 3.63) is 29.8 Å². The molecule has 0 aliphatic rings. The molecule has 0 spiro atoms. The minimum absolute atomic E-state index is 0.598. The molecular weight excluding hydrogens is 234 g/mol. The first-order valence-electron chi connectivity index (χ1n) is 7.71. The van der Waals surface area contributed by atoms with Crippen LogP contribution in [0.3, 0.4) is 0 Å². The molecule has 0 aliphatic carbocycles. The Bertz CT molecular complexity index is 321. The van der Waals surface area contributed by atoms with Crippen molar-refractivity contribution in [1.82, 2.24) is 5.32 Å². The summed E-state index contributed by atoms with van der Waals surface area (Å²) in [6.07, 6.45) is 5.83. The van der Waals surface area contributed by atoms with Gasteiger partial charge in [-0.15, -0.1) is 0 Å². The van der Waals surface area contributed by atoms with Gasteiger partial charge in [0.05, 0.1) is 6.61 Å². The Morgan fingerprint density at radius 1 is 1.11 bits per heavy atom. The predicted molar refractivity (Wildman–Crippen MR) is 82.9 cm³/mol. The molecule has 108 valence electrons. The molecule has 0 aromatic heterocycles. The SMILES string of the molecule is CCCCOc1ccc(CCC(C)NCCC)cc1. The molecule has 1 atom stereocenters. The van der Waals surface area contributed by atoms with Crippen LogP contribution in [0.5, 0.6) is 5.75 Å². The zero-order valence-electron chi connectivity index (χ0n) is 12.7. The lowest BCUT2D eigenvalue weighted by Gasteiger charge is -2.13. The molecule has 1 N–H and O–H groups in total. The molecule has 0 bridgehead atoms. The molecule has 0 heterocycles. The Labute approximate surface area is 118 Å². The summed E-state index contributed by atoms with van der Waals surface area (Å²) in [4.78, 5) is 0. The van der Waals surface area contributed by atoms with E-state index in [1.807, 2.05) is 0 Å². The van der Waals surface area contributed by atoms with Crippen LogP contribution in [0.15, 0.2) is 24.3 Å². The summed E-state index contributed by atoms with van der Waals surface area (Å²) in [6, 6.07) is 9.16. The fraction of sp³-hybridized carbons (Fsp3) is 0.647. The monoisotopic (exact) mass is 263 g/mol. The summed E-state index contributed by atoms with van der Waals surface area (Å²) in [6.45, 7) is 8.59. The average molecular weight is 263 g/mol. The fourth-order valence-corrected chi connectivity index (χ4v) is 1.96. The van der Waals surface area contributed by atoms with Gasteiger partial charge in [0.2, 0.25) is 0 Å². The molecule has 1 rings (SSSR count). The van der Waals surface area contributed by atoms with Gasteiger partial charge in [0.25, 0.3) is 0 Å². The van der Waals surface area contributed by atoms with Crippen molar-refractivity contribution in [2.24, 2.45) is 0 Å². The summed E-state index contributed by atoms with van der Waals surface area (Å²) in [5.74, 6) is 0.995. The highest BCUT2D eigenvalue weighted by Crippen LogP contribution is 2.14. The van der Waals surface area contributed by atoms with E-state index in [4.69, 9.17) is 4.74 Å². The summed E-state index contributed by atoms with van der Waals surface area (Å²) in [5.41, 5.74) is 1.40. The van der Waals surface area contributed by atoms with E-state index in [0.29, 0.717) is 6.04 Å². The van der Waals surface area contributed by atoms with Crippen LogP contribution in [0.4, 0.5) is 0 Å². The second kappa shape index (κ2) is 9.85. The molecular formula is C17H29NO. The van der Waals surface area contributed by atoms with Gasteiger partial charge in [-0.05, 0) is 56.8 Å². The van der Waals surface area contributed by atoms with Crippen LogP contribution >= 0.6 is 0 Å². The van der Waals surface area contributed by atoms with E-state index in [2.05, 4.69) is 50.4 Å². The molecule has 1 unspecified atom stereocenters. The smallest absolute Gasteiger partial charge is 0.119 e. The van der Waals surface area contributed by atoms with Crippen LogP contribution in [0.25, 0.3) is 0 Å². The number of hydrogen-bond acceptors (Lipinski definition) is 2. The topological polar surface area (TPSA) is 21.3 Å². The van der Waals surface area contributed by atoms with Gasteiger partial charge in [-0.2, -0.15) is 0 Å². The Morgan fingerprint density at radius 3 is 2.47 bits per heavy atom. The number of aryl methyl sites for hydroxylation is 1. The molecule has 0 fully saturated rings. The van der Waals surface area contributed by atoms with Crippen LogP contribution in [0.2, 0.25) is 0 Å². The molecule has 0 aliphatic heterocycles. The maximum absolute atomic E-state index is 5.67. The third kappa shape index (κ3) is 7.22. The lowest BCUT2D eigenvalue weighted by molar-refractivity contribution is 0.309. The number of rotatable bonds is 10. The molecule has 2 heteroatoms. The van der Waals surface area contributed by atoms with Crippen LogP contribution in [0.1, 0.15) is 52.0 Å². The van der Waals surface area contributed by atoms with E-state index < -0.39 is 0 Å². The molecule has 1 aromatic carbocycles. The number of benzene rings is 1. The van der Waals surface area contributed by atoms with E-state index in [1.54, 1.807) is 0 Å². The van der Waals surface area contributed by atoms with Gasteiger partial charge in [-0.25, -0.2) is 0 Å². The van der Waals surface area contributed by atoms with Crippen molar-refractivity contribution in [2.75, 3.05) is 13.2 Å². The van der Waals surface area contributed by atoms with E-state index in [9.17, 15) is 0 Å².